The third-order valence-electron chi connectivity index (χ3n) is 3.77. The summed E-state index contributed by atoms with van der Waals surface area (Å²) in [6, 6.07) is 14.7. The normalized spacial score (nSPS) is 12.5. The molecule has 0 spiro atoms. The van der Waals surface area contributed by atoms with Gasteiger partial charge in [0, 0.05) is 0 Å². The minimum absolute atomic E-state index is 0.118. The van der Waals surface area contributed by atoms with Crippen molar-refractivity contribution >= 4 is 0 Å². The van der Waals surface area contributed by atoms with Crippen molar-refractivity contribution in [2.24, 2.45) is 11.7 Å². The molecule has 0 amide bonds. The summed E-state index contributed by atoms with van der Waals surface area (Å²) in [6.07, 6.45) is 1.11. The van der Waals surface area contributed by atoms with Gasteiger partial charge in [0.2, 0.25) is 0 Å². The Bertz CT molecular complexity index is 587. The van der Waals surface area contributed by atoms with E-state index in [0.29, 0.717) is 5.92 Å². The molecule has 1 unspecified atom stereocenters. The lowest BCUT2D eigenvalue weighted by molar-refractivity contribution is 0.411. The van der Waals surface area contributed by atoms with E-state index in [-0.39, 0.29) is 6.04 Å². The predicted molar refractivity (Wildman–Crippen MR) is 88.7 cm³/mol. The summed E-state index contributed by atoms with van der Waals surface area (Å²) in [7, 11) is 1.69. The Kier molecular flexibility index (Phi) is 5.03. The molecule has 0 aliphatic carbocycles. The maximum absolute atomic E-state index is 6.39. The Morgan fingerprint density at radius 2 is 1.62 bits per heavy atom. The van der Waals surface area contributed by atoms with Crippen LogP contribution in [0.2, 0.25) is 0 Å². The Morgan fingerprint density at radius 1 is 1.00 bits per heavy atom. The fourth-order valence-electron chi connectivity index (χ4n) is 2.55. The molecule has 0 fully saturated rings. The van der Waals surface area contributed by atoms with Crippen LogP contribution >= 0.6 is 0 Å². The van der Waals surface area contributed by atoms with Crippen molar-refractivity contribution in [3.05, 3.63) is 64.7 Å². The molecule has 2 nitrogen and oxygen atoms in total. The fraction of sp³-hybridized carbons (Fsp3) is 0.368. The van der Waals surface area contributed by atoms with Gasteiger partial charge >= 0.3 is 0 Å². The lowest BCUT2D eigenvalue weighted by Crippen LogP contribution is -2.12. The van der Waals surface area contributed by atoms with Crippen molar-refractivity contribution in [3.8, 4) is 5.75 Å². The highest BCUT2D eigenvalue weighted by molar-refractivity contribution is 5.41. The number of methoxy groups -OCH3 is 1. The van der Waals surface area contributed by atoms with Crippen molar-refractivity contribution in [2.75, 3.05) is 7.11 Å². The molecule has 2 heteroatoms. The third-order valence-corrected chi connectivity index (χ3v) is 3.77. The summed E-state index contributed by atoms with van der Waals surface area (Å²) in [4.78, 5) is 0. The number of rotatable bonds is 5. The molecular weight excluding hydrogens is 258 g/mol. The molecule has 112 valence electrons. The summed E-state index contributed by atoms with van der Waals surface area (Å²) in [5, 5.41) is 0. The van der Waals surface area contributed by atoms with Gasteiger partial charge in [-0.15, -0.1) is 0 Å². The topological polar surface area (TPSA) is 35.2 Å². The van der Waals surface area contributed by atoms with Crippen molar-refractivity contribution in [1.29, 1.82) is 0 Å². The van der Waals surface area contributed by atoms with Crippen molar-refractivity contribution < 1.29 is 4.74 Å². The largest absolute Gasteiger partial charge is 0.496 e. The highest BCUT2D eigenvalue weighted by atomic mass is 16.5. The smallest absolute Gasteiger partial charge is 0.122 e. The van der Waals surface area contributed by atoms with Gasteiger partial charge in [0.15, 0.2) is 0 Å². The van der Waals surface area contributed by atoms with Crippen molar-refractivity contribution in [3.63, 3.8) is 0 Å². The summed E-state index contributed by atoms with van der Waals surface area (Å²) >= 11 is 0. The van der Waals surface area contributed by atoms with E-state index >= 15 is 0 Å². The van der Waals surface area contributed by atoms with E-state index in [9.17, 15) is 0 Å². The molecule has 0 saturated heterocycles. The van der Waals surface area contributed by atoms with Gasteiger partial charge in [-0.3, -0.25) is 0 Å². The van der Waals surface area contributed by atoms with E-state index < -0.39 is 0 Å². The van der Waals surface area contributed by atoms with Gasteiger partial charge in [0.05, 0.1) is 13.2 Å². The van der Waals surface area contributed by atoms with Gasteiger partial charge in [0.25, 0.3) is 0 Å². The second-order valence-corrected chi connectivity index (χ2v) is 6.05. The molecule has 1 atom stereocenters. The zero-order chi connectivity index (χ0) is 15.4. The first-order valence-electron chi connectivity index (χ1n) is 7.50. The predicted octanol–water partition coefficient (Wildman–Crippen LogP) is 4.25. The first-order chi connectivity index (χ1) is 10.0. The third kappa shape index (κ3) is 3.85. The minimum atomic E-state index is -0.118. The minimum Gasteiger partial charge on any atom is -0.496 e. The van der Waals surface area contributed by atoms with Gasteiger partial charge in [-0.25, -0.2) is 0 Å². The lowest BCUT2D eigenvalue weighted by Gasteiger charge is -2.15. The summed E-state index contributed by atoms with van der Waals surface area (Å²) in [5.74, 6) is 1.56. The maximum atomic E-state index is 6.39. The van der Waals surface area contributed by atoms with E-state index in [1.807, 2.05) is 13.0 Å². The molecule has 2 rings (SSSR count). The van der Waals surface area contributed by atoms with Crippen LogP contribution in [0.25, 0.3) is 0 Å². The first kappa shape index (κ1) is 15.6. The second-order valence-electron chi connectivity index (χ2n) is 6.05. The van der Waals surface area contributed by atoms with Gasteiger partial charge in [-0.1, -0.05) is 50.2 Å². The van der Waals surface area contributed by atoms with Crippen LogP contribution in [0.1, 0.15) is 42.1 Å². The average Bonchev–Trinajstić information content (AvgIpc) is 2.47. The van der Waals surface area contributed by atoms with Crippen LogP contribution in [0.5, 0.6) is 5.75 Å². The van der Waals surface area contributed by atoms with E-state index in [0.717, 1.165) is 28.9 Å². The number of benzene rings is 2. The molecule has 0 aliphatic heterocycles. The van der Waals surface area contributed by atoms with E-state index in [1.165, 1.54) is 5.56 Å². The van der Waals surface area contributed by atoms with Crippen LogP contribution in [-0.4, -0.2) is 7.11 Å². The molecular formula is C19H25NO. The Hall–Kier alpha value is -1.80. The summed E-state index contributed by atoms with van der Waals surface area (Å²) in [6.45, 7) is 6.51. The fourth-order valence-corrected chi connectivity index (χ4v) is 2.55. The van der Waals surface area contributed by atoms with Crippen LogP contribution in [-0.2, 0) is 6.42 Å². The van der Waals surface area contributed by atoms with Crippen LogP contribution in [0.4, 0.5) is 0 Å². The molecule has 2 N–H and O–H groups in total. The highest BCUT2D eigenvalue weighted by Gasteiger charge is 2.11. The summed E-state index contributed by atoms with van der Waals surface area (Å²) < 4.78 is 5.38. The highest BCUT2D eigenvalue weighted by Crippen LogP contribution is 2.26. The van der Waals surface area contributed by atoms with Crippen LogP contribution in [0.3, 0.4) is 0 Å². The molecule has 0 radical (unpaired) electrons. The number of aryl methyl sites for hydroxylation is 1. The van der Waals surface area contributed by atoms with Crippen molar-refractivity contribution in [1.82, 2.24) is 0 Å². The quantitative estimate of drug-likeness (QED) is 0.890. The Balaban J connectivity index is 2.21. The van der Waals surface area contributed by atoms with Gasteiger partial charge in [-0.2, -0.15) is 0 Å². The van der Waals surface area contributed by atoms with Crippen LogP contribution in [0, 0.1) is 12.8 Å². The molecule has 2 aromatic rings. The maximum Gasteiger partial charge on any atom is 0.122 e. The number of ether oxygens (including phenoxy) is 1. The molecule has 0 aliphatic rings. The average molecular weight is 283 g/mol. The standard InChI is InChI=1S/C19H25NO/c1-13(2)11-15-6-9-16(10-7-15)19(20)17-8-5-14(3)18(12-17)21-4/h5-10,12-13,19H,11,20H2,1-4H3. The number of nitrogens with two attached hydrogens (primary N) is 1. The molecule has 0 heterocycles. The van der Waals surface area contributed by atoms with Gasteiger partial charge in [0.1, 0.15) is 5.75 Å². The molecule has 0 bridgehead atoms. The zero-order valence-corrected chi connectivity index (χ0v) is 13.4. The Morgan fingerprint density at radius 3 is 2.19 bits per heavy atom. The summed E-state index contributed by atoms with van der Waals surface area (Å²) in [5.41, 5.74) is 11.1. The first-order valence-corrected chi connectivity index (χ1v) is 7.50. The lowest BCUT2D eigenvalue weighted by atomic mass is 9.95. The van der Waals surface area contributed by atoms with Gasteiger partial charge < -0.3 is 10.5 Å². The number of hydrogen-bond donors (Lipinski definition) is 1. The SMILES string of the molecule is COc1cc(C(N)c2ccc(CC(C)C)cc2)ccc1C. The van der Waals surface area contributed by atoms with Crippen LogP contribution < -0.4 is 10.5 Å². The van der Waals surface area contributed by atoms with Crippen LogP contribution in [0.15, 0.2) is 42.5 Å². The molecule has 21 heavy (non-hydrogen) atoms. The Labute approximate surface area is 127 Å². The number of hydrogen-bond acceptors (Lipinski definition) is 2. The molecule has 0 aromatic heterocycles. The van der Waals surface area contributed by atoms with E-state index in [4.69, 9.17) is 10.5 Å². The molecule has 0 saturated carbocycles. The monoisotopic (exact) mass is 283 g/mol. The second kappa shape index (κ2) is 6.77. The molecule has 2 aromatic carbocycles. The zero-order valence-electron chi connectivity index (χ0n) is 13.4. The van der Waals surface area contributed by atoms with E-state index in [2.05, 4.69) is 50.2 Å². The van der Waals surface area contributed by atoms with Crippen molar-refractivity contribution in [2.45, 2.75) is 33.2 Å². The van der Waals surface area contributed by atoms with E-state index in [1.54, 1.807) is 7.11 Å². The van der Waals surface area contributed by atoms with Gasteiger partial charge in [-0.05, 0) is 47.6 Å².